The van der Waals surface area contributed by atoms with E-state index in [1.54, 1.807) is 12.1 Å². The second-order valence-corrected chi connectivity index (χ2v) is 4.21. The summed E-state index contributed by atoms with van der Waals surface area (Å²) in [6.45, 7) is 2.57. The van der Waals surface area contributed by atoms with Crippen molar-refractivity contribution < 1.29 is 14.6 Å². The molecule has 106 valence electrons. The van der Waals surface area contributed by atoms with Crippen LogP contribution in [-0.2, 0) is 4.79 Å². The molecule has 0 aliphatic rings. The number of rotatable bonds is 6. The van der Waals surface area contributed by atoms with Gasteiger partial charge in [0.1, 0.15) is 11.6 Å². The number of phenols is 1. The molecule has 1 rings (SSSR count). The van der Waals surface area contributed by atoms with Gasteiger partial charge in [0.15, 0.2) is 11.5 Å². The predicted octanol–water partition coefficient (Wildman–Crippen LogP) is 2.22. The van der Waals surface area contributed by atoms with Crippen LogP contribution < -0.4 is 10.1 Å². The highest BCUT2D eigenvalue weighted by molar-refractivity contribution is 6.01. The monoisotopic (exact) mass is 274 g/mol. The Hall–Kier alpha value is -2.48. The lowest BCUT2D eigenvalue weighted by Crippen LogP contribution is -2.25. The highest BCUT2D eigenvalue weighted by atomic mass is 16.5. The van der Waals surface area contributed by atoms with E-state index in [1.807, 2.05) is 13.0 Å². The number of nitrogens with one attached hydrogen (secondary N) is 1. The number of hydrogen-bond acceptors (Lipinski definition) is 4. The van der Waals surface area contributed by atoms with Gasteiger partial charge in [-0.3, -0.25) is 4.79 Å². The topological polar surface area (TPSA) is 82.4 Å². The summed E-state index contributed by atoms with van der Waals surface area (Å²) in [6.07, 6.45) is 3.31. The Morgan fingerprint density at radius 2 is 2.30 bits per heavy atom. The van der Waals surface area contributed by atoms with Gasteiger partial charge in [0, 0.05) is 6.54 Å². The van der Waals surface area contributed by atoms with Gasteiger partial charge in [0.25, 0.3) is 5.91 Å². The first kappa shape index (κ1) is 15.6. The molecule has 0 radical (unpaired) electrons. The highest BCUT2D eigenvalue weighted by Crippen LogP contribution is 2.27. The van der Waals surface area contributed by atoms with Crippen molar-refractivity contribution in [3.8, 4) is 17.6 Å². The molecule has 0 saturated heterocycles. The number of amides is 1. The van der Waals surface area contributed by atoms with E-state index in [2.05, 4.69) is 5.32 Å². The minimum absolute atomic E-state index is 0.00977. The van der Waals surface area contributed by atoms with Gasteiger partial charge in [-0.15, -0.1) is 0 Å². The summed E-state index contributed by atoms with van der Waals surface area (Å²) in [5.74, 6) is -0.0917. The number of aromatic hydroxyl groups is 1. The van der Waals surface area contributed by atoms with Gasteiger partial charge in [0.2, 0.25) is 0 Å². The van der Waals surface area contributed by atoms with E-state index in [1.165, 1.54) is 19.3 Å². The number of unbranched alkanes of at least 4 members (excludes halogenated alkanes) is 1. The van der Waals surface area contributed by atoms with Gasteiger partial charge < -0.3 is 15.2 Å². The molecule has 1 aromatic carbocycles. The van der Waals surface area contributed by atoms with Crippen molar-refractivity contribution in [2.75, 3.05) is 13.7 Å². The summed E-state index contributed by atoms with van der Waals surface area (Å²) in [7, 11) is 1.44. The number of phenolic OH excluding ortho intramolecular Hbond substituents is 1. The Labute approximate surface area is 118 Å². The third-order valence-electron chi connectivity index (χ3n) is 2.70. The largest absolute Gasteiger partial charge is 0.504 e. The molecule has 0 spiro atoms. The lowest BCUT2D eigenvalue weighted by Gasteiger charge is -2.05. The zero-order valence-corrected chi connectivity index (χ0v) is 11.6. The molecule has 5 heteroatoms. The lowest BCUT2D eigenvalue weighted by molar-refractivity contribution is -0.117. The number of carbonyl (C=O) groups is 1. The third-order valence-corrected chi connectivity index (χ3v) is 2.70. The van der Waals surface area contributed by atoms with Gasteiger partial charge >= 0.3 is 0 Å². The van der Waals surface area contributed by atoms with Gasteiger partial charge in [-0.2, -0.15) is 5.26 Å². The average molecular weight is 274 g/mol. The zero-order valence-electron chi connectivity index (χ0n) is 11.6. The first-order valence-corrected chi connectivity index (χ1v) is 6.39. The normalized spacial score (nSPS) is 10.8. The van der Waals surface area contributed by atoms with Crippen molar-refractivity contribution in [1.82, 2.24) is 5.32 Å². The molecule has 0 atom stereocenters. The molecular formula is C15H18N2O3. The van der Waals surface area contributed by atoms with Crippen LogP contribution in [0.5, 0.6) is 11.5 Å². The zero-order chi connectivity index (χ0) is 15.0. The molecule has 0 bridgehead atoms. The summed E-state index contributed by atoms with van der Waals surface area (Å²) in [4.78, 5) is 11.8. The van der Waals surface area contributed by atoms with Crippen molar-refractivity contribution in [3.63, 3.8) is 0 Å². The molecular weight excluding hydrogens is 256 g/mol. The molecule has 0 aliphatic carbocycles. The molecule has 1 aromatic rings. The van der Waals surface area contributed by atoms with Crippen LogP contribution in [0.4, 0.5) is 0 Å². The third kappa shape index (κ3) is 4.32. The number of methoxy groups -OCH3 is 1. The maximum absolute atomic E-state index is 11.8. The molecule has 20 heavy (non-hydrogen) atoms. The number of carbonyl (C=O) groups excluding carboxylic acids is 1. The Morgan fingerprint density at radius 1 is 1.55 bits per heavy atom. The quantitative estimate of drug-likeness (QED) is 0.473. The van der Waals surface area contributed by atoms with Crippen LogP contribution in [-0.4, -0.2) is 24.7 Å². The molecule has 0 aromatic heterocycles. The van der Waals surface area contributed by atoms with Crippen LogP contribution in [0, 0.1) is 11.3 Å². The fraction of sp³-hybridized carbons (Fsp3) is 0.333. The van der Waals surface area contributed by atoms with Crippen LogP contribution in [0.3, 0.4) is 0 Å². The van der Waals surface area contributed by atoms with E-state index in [0.717, 1.165) is 12.8 Å². The molecule has 0 unspecified atom stereocenters. The Morgan fingerprint density at radius 3 is 2.90 bits per heavy atom. The molecule has 5 nitrogen and oxygen atoms in total. The smallest absolute Gasteiger partial charge is 0.261 e. The first-order chi connectivity index (χ1) is 9.62. The molecule has 1 amide bonds. The highest BCUT2D eigenvalue weighted by Gasteiger charge is 2.09. The standard InChI is InChI=1S/C15H18N2O3/c1-3-4-7-17-15(19)12(10-16)8-11-5-6-13(18)14(9-11)20-2/h5-6,8-9,18H,3-4,7H2,1-2H3,(H,17,19)/b12-8-. The summed E-state index contributed by atoms with van der Waals surface area (Å²) in [5, 5.41) is 21.2. The molecule has 0 saturated carbocycles. The Balaban J connectivity index is 2.89. The second kappa shape index (κ2) is 7.85. The van der Waals surface area contributed by atoms with Gasteiger partial charge in [0.05, 0.1) is 7.11 Å². The van der Waals surface area contributed by atoms with Crippen molar-refractivity contribution in [1.29, 1.82) is 5.26 Å². The van der Waals surface area contributed by atoms with Crippen LogP contribution in [0.25, 0.3) is 6.08 Å². The summed E-state index contributed by atoms with van der Waals surface area (Å²) < 4.78 is 4.98. The van der Waals surface area contributed by atoms with Gasteiger partial charge in [-0.25, -0.2) is 0 Å². The average Bonchev–Trinajstić information content (AvgIpc) is 2.46. The number of ether oxygens (including phenoxy) is 1. The fourth-order valence-electron chi connectivity index (χ4n) is 1.57. The van der Waals surface area contributed by atoms with E-state index in [0.29, 0.717) is 17.9 Å². The molecule has 0 heterocycles. The minimum atomic E-state index is -0.395. The van der Waals surface area contributed by atoms with Crippen molar-refractivity contribution in [2.45, 2.75) is 19.8 Å². The van der Waals surface area contributed by atoms with E-state index >= 15 is 0 Å². The molecule has 0 fully saturated rings. The Kier molecular flexibility index (Phi) is 6.11. The van der Waals surface area contributed by atoms with E-state index < -0.39 is 5.91 Å². The number of nitrogens with zero attached hydrogens (tertiary/aromatic N) is 1. The summed E-state index contributed by atoms with van der Waals surface area (Å²) in [6, 6.07) is 6.50. The van der Waals surface area contributed by atoms with E-state index in [-0.39, 0.29) is 11.3 Å². The number of hydrogen-bond donors (Lipinski definition) is 2. The predicted molar refractivity (Wildman–Crippen MR) is 76.2 cm³/mol. The molecule has 0 aliphatic heterocycles. The Bertz CT molecular complexity index is 545. The van der Waals surface area contributed by atoms with Crippen molar-refractivity contribution in [2.24, 2.45) is 0 Å². The minimum Gasteiger partial charge on any atom is -0.504 e. The molecule has 2 N–H and O–H groups in total. The fourth-order valence-corrected chi connectivity index (χ4v) is 1.57. The summed E-state index contributed by atoms with van der Waals surface area (Å²) in [5.41, 5.74) is 0.635. The maximum atomic E-state index is 11.8. The lowest BCUT2D eigenvalue weighted by atomic mass is 10.1. The van der Waals surface area contributed by atoms with E-state index in [4.69, 9.17) is 10.00 Å². The van der Waals surface area contributed by atoms with Crippen LogP contribution in [0.15, 0.2) is 23.8 Å². The second-order valence-electron chi connectivity index (χ2n) is 4.21. The van der Waals surface area contributed by atoms with Gasteiger partial charge in [-0.05, 0) is 30.2 Å². The first-order valence-electron chi connectivity index (χ1n) is 6.39. The van der Waals surface area contributed by atoms with Crippen molar-refractivity contribution >= 4 is 12.0 Å². The number of nitriles is 1. The van der Waals surface area contributed by atoms with Crippen LogP contribution in [0.1, 0.15) is 25.3 Å². The van der Waals surface area contributed by atoms with E-state index in [9.17, 15) is 9.90 Å². The van der Waals surface area contributed by atoms with Crippen LogP contribution >= 0.6 is 0 Å². The number of benzene rings is 1. The van der Waals surface area contributed by atoms with Gasteiger partial charge in [-0.1, -0.05) is 19.4 Å². The SMILES string of the molecule is CCCCNC(=O)/C(C#N)=C\c1ccc(O)c(OC)c1. The van der Waals surface area contributed by atoms with Crippen molar-refractivity contribution in [3.05, 3.63) is 29.3 Å². The maximum Gasteiger partial charge on any atom is 0.261 e. The summed E-state index contributed by atoms with van der Waals surface area (Å²) >= 11 is 0. The van der Waals surface area contributed by atoms with Crippen LogP contribution in [0.2, 0.25) is 0 Å².